The minimum absolute atomic E-state index is 0.0584. The molecule has 1 amide bonds. The van der Waals surface area contributed by atoms with E-state index in [9.17, 15) is 19.7 Å². The summed E-state index contributed by atoms with van der Waals surface area (Å²) in [6, 6.07) is 6.23. The molecule has 1 unspecified atom stereocenters. The number of nitro benzene ring substituents is 1. The third-order valence-corrected chi connectivity index (χ3v) is 4.01. The molecular formula is C18H26N2O5. The van der Waals surface area contributed by atoms with Crippen LogP contribution in [0.2, 0.25) is 0 Å². The van der Waals surface area contributed by atoms with Crippen LogP contribution < -0.4 is 0 Å². The summed E-state index contributed by atoms with van der Waals surface area (Å²) in [5, 5.41) is 11.1. The molecule has 0 saturated heterocycles. The van der Waals surface area contributed by atoms with Crippen molar-refractivity contribution in [3.63, 3.8) is 0 Å². The van der Waals surface area contributed by atoms with Crippen molar-refractivity contribution >= 4 is 17.6 Å². The Morgan fingerprint density at radius 2 is 1.96 bits per heavy atom. The van der Waals surface area contributed by atoms with Gasteiger partial charge in [0.2, 0.25) is 5.91 Å². The first-order chi connectivity index (χ1) is 11.9. The lowest BCUT2D eigenvalue weighted by atomic mass is 10.1. The van der Waals surface area contributed by atoms with Gasteiger partial charge in [0.05, 0.1) is 24.4 Å². The van der Waals surface area contributed by atoms with E-state index in [2.05, 4.69) is 6.92 Å². The third kappa shape index (κ3) is 6.52. The summed E-state index contributed by atoms with van der Waals surface area (Å²) in [5.41, 5.74) is 0.314. The predicted molar refractivity (Wildman–Crippen MR) is 94.1 cm³/mol. The van der Waals surface area contributed by atoms with Crippen LogP contribution in [0, 0.1) is 16.0 Å². The molecule has 0 heterocycles. The minimum atomic E-state index is -0.485. The van der Waals surface area contributed by atoms with Gasteiger partial charge in [-0.25, -0.2) is 0 Å². The molecule has 0 aromatic heterocycles. The highest BCUT2D eigenvalue weighted by atomic mass is 16.6. The summed E-state index contributed by atoms with van der Waals surface area (Å²) >= 11 is 0. The highest BCUT2D eigenvalue weighted by Gasteiger charge is 2.23. The number of rotatable bonds is 10. The second-order valence-electron chi connectivity index (χ2n) is 6.03. The van der Waals surface area contributed by atoms with Gasteiger partial charge >= 0.3 is 5.97 Å². The number of hydrogen-bond donors (Lipinski definition) is 0. The van der Waals surface area contributed by atoms with Crippen LogP contribution in [0.4, 0.5) is 5.69 Å². The third-order valence-electron chi connectivity index (χ3n) is 4.01. The molecule has 0 N–H and O–H groups in total. The number of benzene rings is 1. The van der Waals surface area contributed by atoms with Crippen LogP contribution in [0.3, 0.4) is 0 Å². The molecule has 0 fully saturated rings. The van der Waals surface area contributed by atoms with Gasteiger partial charge in [-0.15, -0.1) is 0 Å². The average Bonchev–Trinajstić information content (AvgIpc) is 2.60. The van der Waals surface area contributed by atoms with Crippen molar-refractivity contribution in [2.75, 3.05) is 20.2 Å². The van der Waals surface area contributed by atoms with Crippen molar-refractivity contribution in [1.82, 2.24) is 4.90 Å². The first-order valence-corrected chi connectivity index (χ1v) is 8.48. The number of nitrogens with zero attached hydrogens (tertiary/aromatic N) is 2. The molecule has 0 radical (unpaired) electrons. The number of carbonyl (C=O) groups excluding carboxylic acids is 2. The van der Waals surface area contributed by atoms with Gasteiger partial charge in [0.15, 0.2) is 0 Å². The highest BCUT2D eigenvalue weighted by Crippen LogP contribution is 2.19. The van der Waals surface area contributed by atoms with E-state index in [4.69, 9.17) is 4.74 Å². The van der Waals surface area contributed by atoms with Crippen molar-refractivity contribution in [1.29, 1.82) is 0 Å². The summed E-state index contributed by atoms with van der Waals surface area (Å²) in [6.45, 7) is 4.54. The molecule has 0 aliphatic carbocycles. The van der Waals surface area contributed by atoms with Gasteiger partial charge in [-0.2, -0.15) is 0 Å². The topological polar surface area (TPSA) is 89.8 Å². The number of para-hydroxylation sites is 1. The smallest absolute Gasteiger partial charge is 0.310 e. The number of ether oxygens (including phenoxy) is 1. The van der Waals surface area contributed by atoms with Crippen LogP contribution in [0.15, 0.2) is 24.3 Å². The van der Waals surface area contributed by atoms with Crippen LogP contribution in [-0.2, 0) is 20.7 Å². The van der Waals surface area contributed by atoms with Gasteiger partial charge in [0.25, 0.3) is 5.69 Å². The zero-order chi connectivity index (χ0) is 18.8. The predicted octanol–water partition coefficient (Wildman–Crippen LogP) is 2.97. The van der Waals surface area contributed by atoms with E-state index in [1.54, 1.807) is 30.0 Å². The van der Waals surface area contributed by atoms with Crippen LogP contribution in [0.1, 0.15) is 38.7 Å². The summed E-state index contributed by atoms with van der Waals surface area (Å²) in [5.74, 6) is -1.04. The Hall–Kier alpha value is -2.44. The van der Waals surface area contributed by atoms with E-state index >= 15 is 0 Å². The number of methoxy groups -OCH3 is 1. The molecule has 25 heavy (non-hydrogen) atoms. The lowest BCUT2D eigenvalue weighted by Crippen LogP contribution is -2.39. The van der Waals surface area contributed by atoms with Gasteiger partial charge < -0.3 is 9.64 Å². The minimum Gasteiger partial charge on any atom is -0.469 e. The van der Waals surface area contributed by atoms with Gasteiger partial charge in [-0.1, -0.05) is 44.9 Å². The van der Waals surface area contributed by atoms with Crippen molar-refractivity contribution in [2.24, 2.45) is 5.92 Å². The molecule has 1 atom stereocenters. The van der Waals surface area contributed by atoms with Crippen molar-refractivity contribution < 1.29 is 19.2 Å². The van der Waals surface area contributed by atoms with E-state index in [0.717, 1.165) is 19.3 Å². The van der Waals surface area contributed by atoms with E-state index in [-0.39, 0.29) is 30.5 Å². The monoisotopic (exact) mass is 350 g/mol. The molecule has 1 aromatic carbocycles. The standard InChI is InChI=1S/C18H26N2O5/c1-4-5-8-11-19(13-14(2)18(22)25-3)17(21)12-15-9-6-7-10-16(15)20(23)24/h6-7,9-10,14H,4-5,8,11-13H2,1-3H3. The molecule has 0 spiro atoms. The quantitative estimate of drug-likeness (QED) is 0.280. The average molecular weight is 350 g/mol. The Balaban J connectivity index is 2.87. The molecule has 1 rings (SSSR count). The van der Waals surface area contributed by atoms with Crippen LogP contribution in [0.25, 0.3) is 0 Å². The van der Waals surface area contributed by atoms with Crippen molar-refractivity contribution in [3.8, 4) is 0 Å². The Kier molecular flexibility index (Phi) is 8.60. The summed E-state index contributed by atoms with van der Waals surface area (Å²) in [6.07, 6.45) is 2.75. The molecule has 0 bridgehead atoms. The molecule has 1 aromatic rings. The first-order valence-electron chi connectivity index (χ1n) is 8.48. The van der Waals surface area contributed by atoms with Crippen LogP contribution in [-0.4, -0.2) is 41.9 Å². The van der Waals surface area contributed by atoms with Gasteiger partial charge in [0.1, 0.15) is 0 Å². The van der Waals surface area contributed by atoms with E-state index in [1.807, 2.05) is 0 Å². The zero-order valence-corrected chi connectivity index (χ0v) is 15.1. The first kappa shape index (κ1) is 20.6. The zero-order valence-electron chi connectivity index (χ0n) is 15.1. The second-order valence-corrected chi connectivity index (χ2v) is 6.03. The van der Waals surface area contributed by atoms with E-state index in [0.29, 0.717) is 12.1 Å². The molecule has 0 aliphatic heterocycles. The number of hydrogen-bond acceptors (Lipinski definition) is 5. The molecule has 0 aliphatic rings. The van der Waals surface area contributed by atoms with E-state index < -0.39 is 10.8 Å². The van der Waals surface area contributed by atoms with Gasteiger partial charge in [-0.05, 0) is 6.42 Å². The Morgan fingerprint density at radius 1 is 1.28 bits per heavy atom. The maximum absolute atomic E-state index is 12.7. The Labute approximate surface area is 148 Å². The maximum atomic E-state index is 12.7. The molecule has 7 nitrogen and oxygen atoms in total. The summed E-state index contributed by atoms with van der Waals surface area (Å²) in [4.78, 5) is 36.6. The van der Waals surface area contributed by atoms with Crippen molar-refractivity contribution in [2.45, 2.75) is 39.5 Å². The molecule has 0 saturated carbocycles. The van der Waals surface area contributed by atoms with Gasteiger partial charge in [0, 0.05) is 24.7 Å². The largest absolute Gasteiger partial charge is 0.469 e. The molecule has 7 heteroatoms. The SMILES string of the molecule is CCCCCN(CC(C)C(=O)OC)C(=O)Cc1ccccc1[N+](=O)[O-]. The lowest BCUT2D eigenvalue weighted by Gasteiger charge is -2.25. The van der Waals surface area contributed by atoms with Crippen LogP contribution >= 0.6 is 0 Å². The van der Waals surface area contributed by atoms with Crippen molar-refractivity contribution in [3.05, 3.63) is 39.9 Å². The van der Waals surface area contributed by atoms with E-state index in [1.165, 1.54) is 13.2 Å². The second kappa shape index (κ2) is 10.4. The normalized spacial score (nSPS) is 11.6. The molecule has 138 valence electrons. The number of unbranched alkanes of at least 4 members (excludes halogenated alkanes) is 2. The fraction of sp³-hybridized carbons (Fsp3) is 0.556. The molecular weight excluding hydrogens is 324 g/mol. The Morgan fingerprint density at radius 3 is 2.56 bits per heavy atom. The number of carbonyl (C=O) groups is 2. The summed E-state index contributed by atoms with van der Waals surface area (Å²) < 4.78 is 4.72. The fourth-order valence-corrected chi connectivity index (χ4v) is 2.59. The Bertz CT molecular complexity index is 603. The lowest BCUT2D eigenvalue weighted by molar-refractivity contribution is -0.385. The number of amides is 1. The number of esters is 1. The van der Waals surface area contributed by atoms with Crippen LogP contribution in [0.5, 0.6) is 0 Å². The summed E-state index contributed by atoms with van der Waals surface area (Å²) in [7, 11) is 1.31. The fourth-order valence-electron chi connectivity index (χ4n) is 2.59. The number of nitro groups is 1. The maximum Gasteiger partial charge on any atom is 0.310 e. The van der Waals surface area contributed by atoms with Gasteiger partial charge in [-0.3, -0.25) is 19.7 Å². The highest BCUT2D eigenvalue weighted by molar-refractivity contribution is 5.81.